The summed E-state index contributed by atoms with van der Waals surface area (Å²) in [6, 6.07) is 3.97. The van der Waals surface area contributed by atoms with E-state index in [-0.39, 0.29) is 11.9 Å². The van der Waals surface area contributed by atoms with Gasteiger partial charge in [0.05, 0.1) is 6.10 Å². The fraction of sp³-hybridized carbons (Fsp3) is 0.462. The Hall–Kier alpha value is -1.42. The normalized spacial score (nSPS) is 14.2. The van der Waals surface area contributed by atoms with Crippen molar-refractivity contribution in [3.8, 4) is 0 Å². The van der Waals surface area contributed by atoms with Crippen LogP contribution in [0.25, 0.3) is 0 Å². The quantitative estimate of drug-likeness (QED) is 0.844. The predicted molar refractivity (Wildman–Crippen MR) is 64.4 cm³/mol. The van der Waals surface area contributed by atoms with Crippen molar-refractivity contribution in [1.82, 2.24) is 5.32 Å². The van der Waals surface area contributed by atoms with E-state index in [4.69, 9.17) is 0 Å². The van der Waals surface area contributed by atoms with E-state index in [1.165, 1.54) is 12.1 Å². The van der Waals surface area contributed by atoms with Crippen molar-refractivity contribution in [2.75, 3.05) is 0 Å². The monoisotopic (exact) mass is 239 g/mol. The van der Waals surface area contributed by atoms with Crippen LogP contribution in [0.15, 0.2) is 18.2 Å². The van der Waals surface area contributed by atoms with E-state index < -0.39 is 11.9 Å². The molecule has 3 nitrogen and oxygen atoms in total. The van der Waals surface area contributed by atoms with Gasteiger partial charge in [-0.1, -0.05) is 6.07 Å². The molecule has 0 saturated heterocycles. The molecule has 0 radical (unpaired) electrons. The molecule has 1 aromatic rings. The van der Waals surface area contributed by atoms with Gasteiger partial charge < -0.3 is 10.4 Å². The van der Waals surface area contributed by atoms with Crippen LogP contribution >= 0.6 is 0 Å². The van der Waals surface area contributed by atoms with E-state index >= 15 is 0 Å². The van der Waals surface area contributed by atoms with Gasteiger partial charge in [0.15, 0.2) is 0 Å². The maximum atomic E-state index is 13.0. The SMILES string of the molecule is Cc1ccc(F)cc1C(=O)NC(C)CC(C)O. The summed E-state index contributed by atoms with van der Waals surface area (Å²) < 4.78 is 13.0. The number of rotatable bonds is 4. The minimum Gasteiger partial charge on any atom is -0.393 e. The molecular formula is C13H18FNO2. The van der Waals surface area contributed by atoms with Crippen LogP contribution in [0, 0.1) is 12.7 Å². The van der Waals surface area contributed by atoms with Crippen LogP contribution in [0.4, 0.5) is 4.39 Å². The molecule has 0 aliphatic carbocycles. The first-order valence-electron chi connectivity index (χ1n) is 5.65. The second-order valence-electron chi connectivity index (χ2n) is 4.42. The van der Waals surface area contributed by atoms with Gasteiger partial charge in [0.25, 0.3) is 5.91 Å². The van der Waals surface area contributed by atoms with Crippen molar-refractivity contribution >= 4 is 5.91 Å². The highest BCUT2D eigenvalue weighted by atomic mass is 19.1. The third kappa shape index (κ3) is 4.15. The number of aliphatic hydroxyl groups excluding tert-OH is 1. The van der Waals surface area contributed by atoms with Crippen LogP contribution < -0.4 is 5.32 Å². The Morgan fingerprint density at radius 1 is 1.47 bits per heavy atom. The van der Waals surface area contributed by atoms with Crippen LogP contribution in [0.2, 0.25) is 0 Å². The van der Waals surface area contributed by atoms with Gasteiger partial charge in [-0.05, 0) is 44.9 Å². The van der Waals surface area contributed by atoms with Crippen molar-refractivity contribution in [2.45, 2.75) is 39.3 Å². The van der Waals surface area contributed by atoms with Crippen LogP contribution in [-0.2, 0) is 0 Å². The molecule has 0 saturated carbocycles. The average molecular weight is 239 g/mol. The number of halogens is 1. The summed E-state index contributed by atoms with van der Waals surface area (Å²) in [5, 5.41) is 11.9. The van der Waals surface area contributed by atoms with E-state index in [0.29, 0.717) is 12.0 Å². The molecule has 0 heterocycles. The molecule has 2 N–H and O–H groups in total. The van der Waals surface area contributed by atoms with Gasteiger partial charge in [0, 0.05) is 11.6 Å². The molecule has 4 heteroatoms. The van der Waals surface area contributed by atoms with Gasteiger partial charge in [-0.2, -0.15) is 0 Å². The molecule has 0 aliphatic rings. The average Bonchev–Trinajstić information content (AvgIpc) is 2.20. The number of benzene rings is 1. The van der Waals surface area contributed by atoms with E-state index in [9.17, 15) is 14.3 Å². The third-order valence-electron chi connectivity index (χ3n) is 2.52. The smallest absolute Gasteiger partial charge is 0.251 e. The zero-order valence-corrected chi connectivity index (χ0v) is 10.3. The highest BCUT2D eigenvalue weighted by Crippen LogP contribution is 2.10. The van der Waals surface area contributed by atoms with Gasteiger partial charge in [-0.25, -0.2) is 4.39 Å². The molecule has 0 aromatic heterocycles. The van der Waals surface area contributed by atoms with Gasteiger partial charge in [0.1, 0.15) is 5.82 Å². The summed E-state index contributed by atoms with van der Waals surface area (Å²) in [6.07, 6.45) is -0.000910. The summed E-state index contributed by atoms with van der Waals surface area (Å²) >= 11 is 0. The fourth-order valence-corrected chi connectivity index (χ4v) is 1.71. The molecule has 1 rings (SSSR count). The first kappa shape index (κ1) is 13.6. The summed E-state index contributed by atoms with van der Waals surface area (Å²) in [5.74, 6) is -0.737. The zero-order chi connectivity index (χ0) is 13.0. The zero-order valence-electron chi connectivity index (χ0n) is 10.3. The van der Waals surface area contributed by atoms with E-state index in [2.05, 4.69) is 5.32 Å². The number of amides is 1. The number of nitrogens with one attached hydrogen (secondary N) is 1. The van der Waals surface area contributed by atoms with Crippen LogP contribution in [0.3, 0.4) is 0 Å². The van der Waals surface area contributed by atoms with E-state index in [1.54, 1.807) is 26.8 Å². The lowest BCUT2D eigenvalue weighted by molar-refractivity contribution is 0.0922. The topological polar surface area (TPSA) is 49.3 Å². The molecule has 2 atom stereocenters. The number of hydrogen-bond donors (Lipinski definition) is 2. The summed E-state index contributed by atoms with van der Waals surface area (Å²) in [7, 11) is 0. The fourth-order valence-electron chi connectivity index (χ4n) is 1.71. The molecule has 0 bridgehead atoms. The molecule has 0 fully saturated rings. The maximum Gasteiger partial charge on any atom is 0.251 e. The molecule has 0 aliphatic heterocycles. The maximum absolute atomic E-state index is 13.0. The molecule has 17 heavy (non-hydrogen) atoms. The molecule has 94 valence electrons. The Morgan fingerprint density at radius 3 is 2.71 bits per heavy atom. The molecule has 1 amide bonds. The van der Waals surface area contributed by atoms with Crippen molar-refractivity contribution in [3.63, 3.8) is 0 Å². The number of carbonyl (C=O) groups is 1. The first-order chi connectivity index (χ1) is 7.90. The lowest BCUT2D eigenvalue weighted by Gasteiger charge is -2.16. The van der Waals surface area contributed by atoms with Crippen LogP contribution in [0.5, 0.6) is 0 Å². The number of hydrogen-bond acceptors (Lipinski definition) is 2. The van der Waals surface area contributed by atoms with Crippen molar-refractivity contribution < 1.29 is 14.3 Å². The van der Waals surface area contributed by atoms with E-state index in [0.717, 1.165) is 5.56 Å². The summed E-state index contributed by atoms with van der Waals surface area (Å²) in [4.78, 5) is 11.9. The standard InChI is InChI=1S/C13H18FNO2/c1-8-4-5-11(14)7-12(8)13(17)15-9(2)6-10(3)16/h4-5,7,9-10,16H,6H2,1-3H3,(H,15,17). The van der Waals surface area contributed by atoms with Gasteiger partial charge in [0.2, 0.25) is 0 Å². The largest absolute Gasteiger partial charge is 0.393 e. The van der Waals surface area contributed by atoms with Crippen LogP contribution in [0.1, 0.15) is 36.2 Å². The van der Waals surface area contributed by atoms with Gasteiger partial charge in [-0.15, -0.1) is 0 Å². The lowest BCUT2D eigenvalue weighted by Crippen LogP contribution is -2.35. The number of aryl methyl sites for hydroxylation is 1. The van der Waals surface area contributed by atoms with Crippen molar-refractivity contribution in [2.24, 2.45) is 0 Å². The minimum absolute atomic E-state index is 0.148. The van der Waals surface area contributed by atoms with Crippen molar-refractivity contribution in [3.05, 3.63) is 35.1 Å². The Kier molecular flexibility index (Phi) is 4.63. The van der Waals surface area contributed by atoms with Gasteiger partial charge in [-0.3, -0.25) is 4.79 Å². The molecule has 2 unspecified atom stereocenters. The molecule has 1 aromatic carbocycles. The summed E-state index contributed by atoms with van der Waals surface area (Å²) in [5.41, 5.74) is 1.07. The van der Waals surface area contributed by atoms with Crippen LogP contribution in [-0.4, -0.2) is 23.2 Å². The first-order valence-corrected chi connectivity index (χ1v) is 5.65. The minimum atomic E-state index is -0.473. The molecule has 0 spiro atoms. The Morgan fingerprint density at radius 2 is 2.12 bits per heavy atom. The number of aliphatic hydroxyl groups is 1. The van der Waals surface area contributed by atoms with Gasteiger partial charge >= 0.3 is 0 Å². The Labute approximate surface area is 101 Å². The third-order valence-corrected chi connectivity index (χ3v) is 2.52. The predicted octanol–water partition coefficient (Wildman–Crippen LogP) is 2.02. The second-order valence-corrected chi connectivity index (χ2v) is 4.42. The van der Waals surface area contributed by atoms with Crippen molar-refractivity contribution in [1.29, 1.82) is 0 Å². The summed E-state index contributed by atoms with van der Waals surface area (Å²) in [6.45, 7) is 5.23. The Balaban J connectivity index is 2.73. The highest BCUT2D eigenvalue weighted by molar-refractivity contribution is 5.95. The lowest BCUT2D eigenvalue weighted by atomic mass is 10.1. The second kappa shape index (κ2) is 5.77. The number of carbonyl (C=O) groups excluding carboxylic acids is 1. The Bertz CT molecular complexity index is 404. The van der Waals surface area contributed by atoms with E-state index in [1.807, 2.05) is 0 Å². The highest BCUT2D eigenvalue weighted by Gasteiger charge is 2.14. The molecular weight excluding hydrogens is 221 g/mol.